The fourth-order valence-corrected chi connectivity index (χ4v) is 1.25. The first-order valence-corrected chi connectivity index (χ1v) is 4.59. The topological polar surface area (TPSA) is 55.5 Å². The Balaban J connectivity index is 4.61. The summed E-state index contributed by atoms with van der Waals surface area (Å²) in [5.41, 5.74) is 5.34. The van der Waals surface area contributed by atoms with E-state index < -0.39 is 11.7 Å². The van der Waals surface area contributed by atoms with Gasteiger partial charge >= 0.3 is 0 Å². The van der Waals surface area contributed by atoms with E-state index in [-0.39, 0.29) is 6.04 Å². The summed E-state index contributed by atoms with van der Waals surface area (Å²) in [6.07, 6.45) is -0.394. The number of ether oxygens (including phenoxy) is 1. The summed E-state index contributed by atoms with van der Waals surface area (Å²) in [6.45, 7) is 11.4. The van der Waals surface area contributed by atoms with E-state index in [0.717, 1.165) is 0 Å². The van der Waals surface area contributed by atoms with Crippen molar-refractivity contribution < 1.29 is 9.84 Å². The van der Waals surface area contributed by atoms with Crippen LogP contribution in [0.1, 0.15) is 27.7 Å². The molecule has 0 amide bonds. The molecule has 3 heteroatoms. The average Bonchev–Trinajstić information content (AvgIpc) is 1.98. The van der Waals surface area contributed by atoms with Gasteiger partial charge in [0.05, 0.1) is 0 Å². The lowest BCUT2D eigenvalue weighted by atomic mass is 9.88. The largest absolute Gasteiger partial charge is 0.383 e. The average molecular weight is 187 g/mol. The van der Waals surface area contributed by atoms with Crippen LogP contribution in [0, 0.1) is 0 Å². The molecule has 0 aromatic rings. The molecule has 0 aliphatic heterocycles. The van der Waals surface area contributed by atoms with Crippen LogP contribution < -0.4 is 5.73 Å². The lowest BCUT2D eigenvalue weighted by Crippen LogP contribution is -2.51. The van der Waals surface area contributed by atoms with E-state index in [1.807, 2.05) is 13.8 Å². The van der Waals surface area contributed by atoms with Crippen molar-refractivity contribution in [1.29, 1.82) is 0 Å². The Hall–Kier alpha value is -0.380. The summed E-state index contributed by atoms with van der Waals surface area (Å²) in [5, 5.41) is 10.0. The molecule has 3 atom stereocenters. The van der Waals surface area contributed by atoms with Crippen LogP contribution in [-0.4, -0.2) is 29.5 Å². The Kier molecular flexibility index (Phi) is 4.61. The van der Waals surface area contributed by atoms with E-state index in [1.165, 1.54) is 0 Å². The molecule has 0 fully saturated rings. The van der Waals surface area contributed by atoms with Crippen LogP contribution in [0.5, 0.6) is 0 Å². The van der Waals surface area contributed by atoms with Crippen molar-refractivity contribution in [2.24, 2.45) is 5.73 Å². The molecule has 0 saturated heterocycles. The summed E-state index contributed by atoms with van der Waals surface area (Å²) < 4.78 is 5.39. The van der Waals surface area contributed by atoms with Gasteiger partial charge in [-0.3, -0.25) is 0 Å². The highest BCUT2D eigenvalue weighted by atomic mass is 16.5. The predicted octanol–water partition coefficient (Wildman–Crippen LogP) is 1.07. The minimum absolute atomic E-state index is 0.216. The Morgan fingerprint density at radius 1 is 1.69 bits per heavy atom. The van der Waals surface area contributed by atoms with Gasteiger partial charge in [0.2, 0.25) is 0 Å². The second kappa shape index (κ2) is 4.74. The fourth-order valence-electron chi connectivity index (χ4n) is 1.25. The summed E-state index contributed by atoms with van der Waals surface area (Å²) in [7, 11) is 0. The Bertz CT molecular complexity index is 176. The fraction of sp³-hybridized carbons (Fsp3) is 0.800. The van der Waals surface area contributed by atoms with E-state index in [2.05, 4.69) is 6.58 Å². The van der Waals surface area contributed by atoms with Crippen LogP contribution in [-0.2, 0) is 4.74 Å². The molecule has 0 aromatic carbocycles. The predicted molar refractivity (Wildman–Crippen MR) is 54.5 cm³/mol. The number of hydrogen-bond acceptors (Lipinski definition) is 3. The second-order valence-corrected chi connectivity index (χ2v) is 3.66. The van der Waals surface area contributed by atoms with Gasteiger partial charge in [0.1, 0.15) is 11.7 Å². The molecule has 0 heterocycles. The van der Waals surface area contributed by atoms with Crippen molar-refractivity contribution in [3.63, 3.8) is 0 Å². The molecule has 0 bridgehead atoms. The highest BCUT2D eigenvalue weighted by Crippen LogP contribution is 2.23. The van der Waals surface area contributed by atoms with Crippen molar-refractivity contribution in [3.05, 3.63) is 12.2 Å². The highest BCUT2D eigenvalue weighted by Gasteiger charge is 2.35. The normalized spacial score (nSPS) is 20.5. The van der Waals surface area contributed by atoms with Gasteiger partial charge in [-0.1, -0.05) is 6.58 Å². The van der Waals surface area contributed by atoms with E-state index in [0.29, 0.717) is 12.2 Å². The van der Waals surface area contributed by atoms with E-state index in [1.54, 1.807) is 13.8 Å². The quantitative estimate of drug-likeness (QED) is 0.633. The maximum Gasteiger partial charge on any atom is 0.110 e. The molecular formula is C10H21NO2. The second-order valence-electron chi connectivity index (χ2n) is 3.66. The van der Waals surface area contributed by atoms with Gasteiger partial charge in [-0.25, -0.2) is 0 Å². The molecule has 0 spiro atoms. The van der Waals surface area contributed by atoms with Gasteiger partial charge in [-0.2, -0.15) is 0 Å². The van der Waals surface area contributed by atoms with Crippen molar-refractivity contribution in [2.75, 3.05) is 6.61 Å². The van der Waals surface area contributed by atoms with Crippen molar-refractivity contribution in [2.45, 2.75) is 45.4 Å². The van der Waals surface area contributed by atoms with Gasteiger partial charge < -0.3 is 15.6 Å². The van der Waals surface area contributed by atoms with Crippen molar-refractivity contribution in [3.8, 4) is 0 Å². The van der Waals surface area contributed by atoms with Gasteiger partial charge in [0.15, 0.2) is 0 Å². The third-order valence-corrected chi connectivity index (χ3v) is 2.24. The van der Waals surface area contributed by atoms with Crippen LogP contribution in [0.2, 0.25) is 0 Å². The highest BCUT2D eigenvalue weighted by molar-refractivity contribution is 5.12. The van der Waals surface area contributed by atoms with Gasteiger partial charge in [-0.15, -0.1) is 0 Å². The summed E-state index contributed by atoms with van der Waals surface area (Å²) in [4.78, 5) is 0. The zero-order chi connectivity index (χ0) is 10.6. The molecule has 0 rings (SSSR count). The summed E-state index contributed by atoms with van der Waals surface area (Å²) >= 11 is 0. The third kappa shape index (κ3) is 3.10. The molecule has 13 heavy (non-hydrogen) atoms. The minimum atomic E-state index is -1.05. The van der Waals surface area contributed by atoms with Crippen LogP contribution in [0.3, 0.4) is 0 Å². The van der Waals surface area contributed by atoms with E-state index in [4.69, 9.17) is 10.5 Å². The molecule has 3 N–H and O–H groups in total. The summed E-state index contributed by atoms with van der Waals surface area (Å²) in [6, 6.07) is -0.216. The zero-order valence-corrected chi connectivity index (χ0v) is 9.00. The summed E-state index contributed by atoms with van der Waals surface area (Å²) in [5.74, 6) is 0. The third-order valence-electron chi connectivity index (χ3n) is 2.24. The Morgan fingerprint density at radius 3 is 2.38 bits per heavy atom. The lowest BCUT2D eigenvalue weighted by molar-refractivity contribution is -0.0826. The minimum Gasteiger partial charge on any atom is -0.383 e. The standard InChI is InChI=1S/C10H21NO2/c1-6-13-9(8(4)11)10(5,12)7(2)3/h8-9,12H,2,6,11H2,1,3-5H3/t8-,9-,10-/m0/s1. The van der Waals surface area contributed by atoms with E-state index >= 15 is 0 Å². The van der Waals surface area contributed by atoms with Gasteiger partial charge in [0.25, 0.3) is 0 Å². The number of nitrogens with two attached hydrogens (primary N) is 1. The van der Waals surface area contributed by atoms with E-state index in [9.17, 15) is 5.11 Å². The van der Waals surface area contributed by atoms with Crippen molar-refractivity contribution >= 4 is 0 Å². The molecule has 0 aliphatic carbocycles. The molecule has 0 unspecified atom stereocenters. The molecule has 0 saturated carbocycles. The first kappa shape index (κ1) is 12.6. The Labute approximate surface area is 80.6 Å². The number of hydrogen-bond donors (Lipinski definition) is 2. The Morgan fingerprint density at radius 2 is 2.15 bits per heavy atom. The smallest absolute Gasteiger partial charge is 0.110 e. The van der Waals surface area contributed by atoms with Crippen LogP contribution in [0.25, 0.3) is 0 Å². The van der Waals surface area contributed by atoms with Gasteiger partial charge in [-0.05, 0) is 33.3 Å². The van der Waals surface area contributed by atoms with Crippen LogP contribution >= 0.6 is 0 Å². The van der Waals surface area contributed by atoms with Crippen LogP contribution in [0.4, 0.5) is 0 Å². The lowest BCUT2D eigenvalue weighted by Gasteiger charge is -2.35. The molecule has 0 aromatic heterocycles. The van der Waals surface area contributed by atoms with Crippen molar-refractivity contribution in [1.82, 2.24) is 0 Å². The first-order chi connectivity index (χ1) is 5.84. The zero-order valence-electron chi connectivity index (χ0n) is 9.00. The maximum absolute atomic E-state index is 10.0. The monoisotopic (exact) mass is 187 g/mol. The molecular weight excluding hydrogens is 166 g/mol. The molecule has 78 valence electrons. The number of aliphatic hydroxyl groups is 1. The molecule has 0 radical (unpaired) electrons. The van der Waals surface area contributed by atoms with Gasteiger partial charge in [0, 0.05) is 12.6 Å². The molecule has 0 aliphatic rings. The van der Waals surface area contributed by atoms with Crippen LogP contribution in [0.15, 0.2) is 12.2 Å². The first-order valence-electron chi connectivity index (χ1n) is 4.59. The maximum atomic E-state index is 10.0. The number of rotatable bonds is 5. The SMILES string of the molecule is C=C(C)[C@](C)(O)[C@@H](OCC)[C@H](C)N. The molecule has 3 nitrogen and oxygen atoms in total.